The molecule has 1 aromatic heterocycles. The van der Waals surface area contributed by atoms with Gasteiger partial charge < -0.3 is 14.8 Å². The SMILES string of the molecule is CNCC1CCCN(C(=O)c2cc(Br)cn2C(C)C)C1.Cl. The molecule has 1 amide bonds. The summed E-state index contributed by atoms with van der Waals surface area (Å²) >= 11 is 3.48. The number of carbonyl (C=O) groups excluding carboxylic acids is 1. The Kier molecular flexibility index (Phi) is 7.24. The summed E-state index contributed by atoms with van der Waals surface area (Å²) in [7, 11) is 1.97. The Bertz CT molecular complexity index is 473. The average molecular weight is 379 g/mol. The zero-order valence-electron chi connectivity index (χ0n) is 12.9. The van der Waals surface area contributed by atoms with Gasteiger partial charge in [0.25, 0.3) is 5.91 Å². The largest absolute Gasteiger partial charge is 0.340 e. The van der Waals surface area contributed by atoms with Gasteiger partial charge in [0.2, 0.25) is 0 Å². The molecule has 21 heavy (non-hydrogen) atoms. The minimum atomic E-state index is 0. The molecule has 1 aliphatic heterocycles. The summed E-state index contributed by atoms with van der Waals surface area (Å²) in [4.78, 5) is 14.8. The summed E-state index contributed by atoms with van der Waals surface area (Å²) in [5, 5.41) is 3.22. The van der Waals surface area contributed by atoms with Gasteiger partial charge >= 0.3 is 0 Å². The number of amides is 1. The highest BCUT2D eigenvalue weighted by Gasteiger charge is 2.26. The predicted octanol–water partition coefficient (Wildman–Crippen LogP) is 3.32. The lowest BCUT2D eigenvalue weighted by molar-refractivity contribution is 0.0661. The Morgan fingerprint density at radius 3 is 2.86 bits per heavy atom. The van der Waals surface area contributed by atoms with Crippen LogP contribution in [0.4, 0.5) is 0 Å². The van der Waals surface area contributed by atoms with E-state index in [2.05, 4.69) is 35.1 Å². The molecule has 1 N–H and O–H groups in total. The van der Waals surface area contributed by atoms with Crippen molar-refractivity contribution in [1.82, 2.24) is 14.8 Å². The van der Waals surface area contributed by atoms with Gasteiger partial charge in [0.05, 0.1) is 0 Å². The Morgan fingerprint density at radius 1 is 1.52 bits per heavy atom. The molecule has 1 saturated heterocycles. The van der Waals surface area contributed by atoms with Crippen LogP contribution in [0.25, 0.3) is 0 Å². The van der Waals surface area contributed by atoms with E-state index >= 15 is 0 Å². The van der Waals surface area contributed by atoms with Crippen molar-refractivity contribution in [3.05, 3.63) is 22.4 Å². The molecule has 1 aromatic rings. The van der Waals surface area contributed by atoms with Gasteiger partial charge in [-0.05, 0) is 68.2 Å². The third-order valence-corrected chi connectivity index (χ3v) is 4.32. The number of rotatable bonds is 4. The molecule has 4 nitrogen and oxygen atoms in total. The first-order valence-corrected chi connectivity index (χ1v) is 8.13. The van der Waals surface area contributed by atoms with Crippen molar-refractivity contribution in [2.24, 2.45) is 5.92 Å². The molecule has 120 valence electrons. The number of nitrogens with zero attached hydrogens (tertiary/aromatic N) is 2. The molecule has 1 atom stereocenters. The summed E-state index contributed by atoms with van der Waals surface area (Å²) < 4.78 is 3.02. The number of nitrogens with one attached hydrogen (secondary N) is 1. The molecule has 0 radical (unpaired) electrons. The van der Waals surface area contributed by atoms with Crippen LogP contribution in [-0.2, 0) is 0 Å². The summed E-state index contributed by atoms with van der Waals surface area (Å²) in [6.45, 7) is 6.92. The average Bonchev–Trinajstić information content (AvgIpc) is 2.81. The van der Waals surface area contributed by atoms with E-state index in [1.54, 1.807) is 0 Å². The monoisotopic (exact) mass is 377 g/mol. The third-order valence-electron chi connectivity index (χ3n) is 3.89. The maximum atomic E-state index is 12.8. The summed E-state index contributed by atoms with van der Waals surface area (Å²) in [5.41, 5.74) is 0.789. The normalized spacial score (nSPS) is 18.7. The van der Waals surface area contributed by atoms with E-state index in [0.29, 0.717) is 5.92 Å². The van der Waals surface area contributed by atoms with Gasteiger partial charge in [-0.1, -0.05) is 0 Å². The molecule has 0 spiro atoms. The predicted molar refractivity (Wildman–Crippen MR) is 92.3 cm³/mol. The molecule has 1 fully saturated rings. The molecular weight excluding hydrogens is 354 g/mol. The van der Waals surface area contributed by atoms with Crippen LogP contribution in [0.15, 0.2) is 16.7 Å². The van der Waals surface area contributed by atoms with Gasteiger partial charge in [0, 0.05) is 29.8 Å². The molecular formula is C15H25BrClN3O. The number of aromatic nitrogens is 1. The van der Waals surface area contributed by atoms with Crippen molar-refractivity contribution in [1.29, 1.82) is 0 Å². The molecule has 6 heteroatoms. The molecule has 0 aromatic carbocycles. The third kappa shape index (κ3) is 4.47. The zero-order chi connectivity index (χ0) is 14.7. The first-order chi connectivity index (χ1) is 9.52. The minimum Gasteiger partial charge on any atom is -0.340 e. The van der Waals surface area contributed by atoms with Crippen LogP contribution in [0.3, 0.4) is 0 Å². The quantitative estimate of drug-likeness (QED) is 0.872. The summed E-state index contributed by atoms with van der Waals surface area (Å²) in [5.74, 6) is 0.730. The molecule has 0 bridgehead atoms. The highest BCUT2D eigenvalue weighted by atomic mass is 79.9. The van der Waals surface area contributed by atoms with Gasteiger partial charge in [-0.3, -0.25) is 4.79 Å². The fraction of sp³-hybridized carbons (Fsp3) is 0.667. The number of piperidine rings is 1. The molecule has 1 aliphatic rings. The summed E-state index contributed by atoms with van der Waals surface area (Å²) in [6, 6.07) is 2.22. The standard InChI is InChI=1S/C15H24BrN3O.ClH/c1-11(2)19-10-13(16)7-14(19)15(20)18-6-4-5-12(9-18)8-17-3;/h7,10-12,17H,4-6,8-9H2,1-3H3;1H. The van der Waals surface area contributed by atoms with Crippen LogP contribution >= 0.6 is 28.3 Å². The maximum absolute atomic E-state index is 12.8. The topological polar surface area (TPSA) is 37.3 Å². The van der Waals surface area contributed by atoms with Gasteiger partial charge in [-0.2, -0.15) is 0 Å². The van der Waals surface area contributed by atoms with Gasteiger partial charge in [-0.15, -0.1) is 12.4 Å². The van der Waals surface area contributed by atoms with Crippen molar-refractivity contribution in [3.8, 4) is 0 Å². The van der Waals surface area contributed by atoms with E-state index in [0.717, 1.165) is 36.2 Å². The second-order valence-corrected chi connectivity index (χ2v) is 6.78. The first-order valence-electron chi connectivity index (χ1n) is 7.34. The van der Waals surface area contributed by atoms with Gasteiger partial charge in [0.1, 0.15) is 5.69 Å². The Labute approximate surface area is 141 Å². The van der Waals surface area contributed by atoms with Crippen LogP contribution in [0, 0.1) is 5.92 Å². The zero-order valence-corrected chi connectivity index (χ0v) is 15.3. The maximum Gasteiger partial charge on any atom is 0.270 e. The lowest BCUT2D eigenvalue weighted by Crippen LogP contribution is -2.43. The fourth-order valence-corrected chi connectivity index (χ4v) is 3.35. The van der Waals surface area contributed by atoms with E-state index in [1.807, 2.05) is 28.8 Å². The van der Waals surface area contributed by atoms with Crippen LogP contribution in [0.2, 0.25) is 0 Å². The van der Waals surface area contributed by atoms with E-state index in [9.17, 15) is 4.79 Å². The van der Waals surface area contributed by atoms with Gasteiger partial charge in [0.15, 0.2) is 0 Å². The first kappa shape index (κ1) is 18.5. The Balaban J connectivity index is 0.00000220. The van der Waals surface area contributed by atoms with Crippen LogP contribution in [0.1, 0.15) is 43.2 Å². The number of hydrogen-bond donors (Lipinski definition) is 1. The van der Waals surface area contributed by atoms with Crippen molar-refractivity contribution >= 4 is 34.2 Å². The second-order valence-electron chi connectivity index (χ2n) is 5.86. The molecule has 1 unspecified atom stereocenters. The molecule has 2 rings (SSSR count). The number of hydrogen-bond acceptors (Lipinski definition) is 2. The fourth-order valence-electron chi connectivity index (χ4n) is 2.91. The number of halogens is 2. The Hall–Kier alpha value is -0.520. The Morgan fingerprint density at radius 2 is 2.24 bits per heavy atom. The molecule has 2 heterocycles. The van der Waals surface area contributed by atoms with Crippen molar-refractivity contribution < 1.29 is 4.79 Å². The van der Waals surface area contributed by atoms with E-state index in [4.69, 9.17) is 0 Å². The van der Waals surface area contributed by atoms with Crippen molar-refractivity contribution in [2.75, 3.05) is 26.7 Å². The van der Waals surface area contributed by atoms with Crippen LogP contribution in [0.5, 0.6) is 0 Å². The van der Waals surface area contributed by atoms with E-state index in [-0.39, 0.29) is 24.4 Å². The van der Waals surface area contributed by atoms with Crippen LogP contribution in [-0.4, -0.2) is 42.1 Å². The second kappa shape index (κ2) is 8.20. The number of carbonyl (C=O) groups is 1. The van der Waals surface area contributed by atoms with Crippen LogP contribution < -0.4 is 5.32 Å². The van der Waals surface area contributed by atoms with Crippen molar-refractivity contribution in [3.63, 3.8) is 0 Å². The summed E-state index contributed by atoms with van der Waals surface area (Å²) in [6.07, 6.45) is 4.30. The molecule has 0 saturated carbocycles. The highest BCUT2D eigenvalue weighted by molar-refractivity contribution is 9.10. The minimum absolute atomic E-state index is 0. The highest BCUT2D eigenvalue weighted by Crippen LogP contribution is 2.23. The smallest absolute Gasteiger partial charge is 0.270 e. The lowest BCUT2D eigenvalue weighted by atomic mass is 9.98. The lowest BCUT2D eigenvalue weighted by Gasteiger charge is -2.33. The van der Waals surface area contributed by atoms with Gasteiger partial charge in [-0.25, -0.2) is 0 Å². The molecule has 0 aliphatic carbocycles. The van der Waals surface area contributed by atoms with E-state index < -0.39 is 0 Å². The number of likely N-dealkylation sites (tertiary alicyclic amines) is 1. The van der Waals surface area contributed by atoms with E-state index in [1.165, 1.54) is 6.42 Å². The van der Waals surface area contributed by atoms with Crippen molar-refractivity contribution in [2.45, 2.75) is 32.7 Å².